The van der Waals surface area contributed by atoms with Crippen molar-refractivity contribution < 1.29 is 39.4 Å². The van der Waals surface area contributed by atoms with E-state index in [9.17, 15) is 31.0 Å². The van der Waals surface area contributed by atoms with Crippen LogP contribution < -0.4 is 8.37 Å². The quantitative estimate of drug-likeness (QED) is 0.253. The summed E-state index contributed by atoms with van der Waals surface area (Å²) in [6, 6.07) is 3.85. The summed E-state index contributed by atoms with van der Waals surface area (Å²) >= 11 is 0. The molecule has 5 fully saturated rings. The highest BCUT2D eigenvalue weighted by molar-refractivity contribution is 7.81. The van der Waals surface area contributed by atoms with E-state index in [0.29, 0.717) is 35.7 Å². The predicted molar refractivity (Wildman–Crippen MR) is 180 cm³/mol. The Balaban J connectivity index is 1.35. The molecule has 0 bridgehead atoms. The van der Waals surface area contributed by atoms with E-state index in [1.165, 1.54) is 24.6 Å². The Kier molecular flexibility index (Phi) is 8.33. The first kappa shape index (κ1) is 35.4. The van der Waals surface area contributed by atoms with Gasteiger partial charge in [-0.25, -0.2) is 0 Å². The first-order chi connectivity index (χ1) is 21.5. The van der Waals surface area contributed by atoms with Crippen molar-refractivity contribution in [3.63, 3.8) is 0 Å². The van der Waals surface area contributed by atoms with Crippen LogP contribution in [0, 0.1) is 56.7 Å². The third-order valence-corrected chi connectivity index (χ3v) is 16.4. The molecule has 11 heteroatoms. The van der Waals surface area contributed by atoms with E-state index in [1.54, 1.807) is 0 Å². The highest BCUT2D eigenvalue weighted by atomic mass is 32.3. The largest absolute Gasteiger partial charge is 0.446 e. The number of hydrogen-bond donors (Lipinski definition) is 3. The van der Waals surface area contributed by atoms with Gasteiger partial charge in [-0.1, -0.05) is 54.9 Å². The SMILES string of the molecule is CC1CCC2(C)C(CCC3(C)C2CCC2(C)C3CCC3(O)C2CCCC3(C)C)C1(C)Cc1cc(OS(=O)(=O)O)ccc1OS(=O)(=O)O. The van der Waals surface area contributed by atoms with Crippen LogP contribution in [0.15, 0.2) is 18.2 Å². The molecular formula is C36H56O9S2. The van der Waals surface area contributed by atoms with Crippen molar-refractivity contribution in [1.29, 1.82) is 0 Å². The second-order valence-corrected chi connectivity index (χ2v) is 20.0. The maximum absolute atomic E-state index is 12.3. The minimum atomic E-state index is -4.84. The number of rotatable bonds is 6. The lowest BCUT2D eigenvalue weighted by atomic mass is 9.32. The van der Waals surface area contributed by atoms with Crippen LogP contribution in [0.25, 0.3) is 0 Å². The first-order valence-corrected chi connectivity index (χ1v) is 20.4. The van der Waals surface area contributed by atoms with E-state index < -0.39 is 26.4 Å². The van der Waals surface area contributed by atoms with Crippen LogP contribution in [-0.2, 0) is 27.2 Å². The van der Waals surface area contributed by atoms with Crippen molar-refractivity contribution in [3.8, 4) is 11.5 Å². The van der Waals surface area contributed by atoms with Gasteiger partial charge in [-0.2, -0.15) is 16.8 Å². The Labute approximate surface area is 282 Å². The van der Waals surface area contributed by atoms with Crippen molar-refractivity contribution in [2.24, 2.45) is 56.7 Å². The average Bonchev–Trinajstić information content (AvgIpc) is 2.91. The normalized spacial score (nSPS) is 44.7. The summed E-state index contributed by atoms with van der Waals surface area (Å²) in [5.41, 5.74) is -0.321. The summed E-state index contributed by atoms with van der Waals surface area (Å²) < 4.78 is 75.3. The predicted octanol–water partition coefficient (Wildman–Crippen LogP) is 7.83. The van der Waals surface area contributed by atoms with Gasteiger partial charge in [0, 0.05) is 5.56 Å². The molecule has 0 radical (unpaired) electrons. The van der Waals surface area contributed by atoms with Gasteiger partial charge < -0.3 is 13.5 Å². The fourth-order valence-corrected chi connectivity index (χ4v) is 14.1. The van der Waals surface area contributed by atoms with E-state index in [-0.39, 0.29) is 44.5 Å². The molecule has 9 nitrogen and oxygen atoms in total. The minimum absolute atomic E-state index is 0.0296. The Bertz CT molecular complexity index is 1620. The number of fused-ring (bicyclic) bond motifs is 7. The van der Waals surface area contributed by atoms with Crippen molar-refractivity contribution >= 4 is 20.8 Å². The summed E-state index contributed by atoms with van der Waals surface area (Å²) in [6.07, 6.45) is 12.2. The van der Waals surface area contributed by atoms with Crippen LogP contribution in [0.4, 0.5) is 0 Å². The highest BCUT2D eigenvalue weighted by Crippen LogP contribution is 2.76. The van der Waals surface area contributed by atoms with E-state index in [2.05, 4.69) is 48.5 Å². The monoisotopic (exact) mass is 696 g/mol. The summed E-state index contributed by atoms with van der Waals surface area (Å²) in [6.45, 7) is 16.6. The second-order valence-electron chi connectivity index (χ2n) is 18.0. The highest BCUT2D eigenvalue weighted by Gasteiger charge is 2.70. The molecule has 266 valence electrons. The summed E-state index contributed by atoms with van der Waals surface area (Å²) in [5.74, 6) is 1.69. The first-order valence-electron chi connectivity index (χ1n) is 17.7. The van der Waals surface area contributed by atoms with E-state index >= 15 is 0 Å². The lowest BCUT2D eigenvalue weighted by molar-refractivity contribution is -0.271. The van der Waals surface area contributed by atoms with Crippen LogP contribution in [0.1, 0.15) is 125 Å². The van der Waals surface area contributed by atoms with E-state index in [4.69, 9.17) is 8.37 Å². The molecule has 5 aliphatic rings. The molecule has 1 aromatic rings. The molecule has 0 amide bonds. The molecule has 0 aliphatic heterocycles. The number of hydrogen-bond acceptors (Lipinski definition) is 7. The third kappa shape index (κ3) is 5.56. The van der Waals surface area contributed by atoms with Gasteiger partial charge in [-0.05, 0) is 145 Å². The lowest BCUT2D eigenvalue weighted by Crippen LogP contribution is -2.69. The Morgan fingerprint density at radius 2 is 1.23 bits per heavy atom. The molecule has 3 N–H and O–H groups in total. The van der Waals surface area contributed by atoms with Crippen molar-refractivity contribution in [1.82, 2.24) is 0 Å². The number of benzene rings is 1. The standard InChI is InChI=1S/C36H56O9S2/c1-23-12-17-32(4)27-13-19-34(6)28(15-20-36(37)30(34)9-8-16-31(36,2)3)33(27,5)18-14-29(32)35(23,7)22-24-21-25(44-46(38,39)40)10-11-26(24)45-47(41,42)43/h10-11,21,23,27-30,37H,8-9,12-20,22H2,1-7H3,(H,38,39,40)(H,41,42,43). The third-order valence-electron chi connectivity index (χ3n) is 15.6. The van der Waals surface area contributed by atoms with Gasteiger partial charge in [0.05, 0.1) is 5.60 Å². The Hall–Kier alpha value is -1.40. The molecule has 0 spiro atoms. The molecule has 10 unspecified atom stereocenters. The molecule has 5 saturated carbocycles. The minimum Gasteiger partial charge on any atom is -0.389 e. The smallest absolute Gasteiger partial charge is 0.389 e. The average molecular weight is 697 g/mol. The molecule has 47 heavy (non-hydrogen) atoms. The molecule has 10 atom stereocenters. The van der Waals surface area contributed by atoms with Gasteiger partial charge in [0.1, 0.15) is 11.5 Å². The maximum atomic E-state index is 12.3. The summed E-state index contributed by atoms with van der Waals surface area (Å²) in [4.78, 5) is 0. The second kappa shape index (κ2) is 11.0. The van der Waals surface area contributed by atoms with Gasteiger partial charge in [-0.15, -0.1) is 0 Å². The van der Waals surface area contributed by atoms with Crippen molar-refractivity contribution in [3.05, 3.63) is 23.8 Å². The zero-order chi connectivity index (χ0) is 34.6. The van der Waals surface area contributed by atoms with E-state index in [1.807, 2.05) is 0 Å². The fraction of sp³-hybridized carbons (Fsp3) is 0.833. The molecular weight excluding hydrogens is 641 g/mol. The van der Waals surface area contributed by atoms with Gasteiger partial charge in [-0.3, -0.25) is 9.11 Å². The molecule has 5 aliphatic carbocycles. The topological polar surface area (TPSA) is 147 Å². The molecule has 6 rings (SSSR count). The zero-order valence-electron chi connectivity index (χ0n) is 29.2. The van der Waals surface area contributed by atoms with E-state index in [0.717, 1.165) is 64.2 Å². The number of aliphatic hydroxyl groups is 1. The van der Waals surface area contributed by atoms with Crippen LogP contribution in [0.3, 0.4) is 0 Å². The lowest BCUT2D eigenvalue weighted by Gasteiger charge is -2.73. The van der Waals surface area contributed by atoms with Crippen LogP contribution in [0.5, 0.6) is 11.5 Å². The molecule has 0 aromatic heterocycles. The van der Waals surface area contributed by atoms with Crippen LogP contribution in [-0.4, -0.2) is 36.6 Å². The van der Waals surface area contributed by atoms with Gasteiger partial charge >= 0.3 is 20.8 Å². The van der Waals surface area contributed by atoms with Crippen molar-refractivity contribution in [2.45, 2.75) is 131 Å². The fourth-order valence-electron chi connectivity index (χ4n) is 13.3. The van der Waals surface area contributed by atoms with Crippen LogP contribution >= 0.6 is 0 Å². The molecule has 1 aromatic carbocycles. The maximum Gasteiger partial charge on any atom is 0.446 e. The Morgan fingerprint density at radius 1 is 0.702 bits per heavy atom. The molecule has 0 saturated heterocycles. The van der Waals surface area contributed by atoms with Crippen molar-refractivity contribution in [2.75, 3.05) is 0 Å². The zero-order valence-corrected chi connectivity index (χ0v) is 30.8. The summed E-state index contributed by atoms with van der Waals surface area (Å²) in [7, 11) is -9.65. The van der Waals surface area contributed by atoms with Gasteiger partial charge in [0.2, 0.25) is 0 Å². The van der Waals surface area contributed by atoms with Gasteiger partial charge in [0.15, 0.2) is 0 Å². The van der Waals surface area contributed by atoms with Crippen LogP contribution in [0.2, 0.25) is 0 Å². The summed E-state index contributed by atoms with van der Waals surface area (Å²) in [5, 5.41) is 12.3. The molecule has 0 heterocycles. The van der Waals surface area contributed by atoms with Gasteiger partial charge in [0.25, 0.3) is 0 Å². The Morgan fingerprint density at radius 3 is 1.85 bits per heavy atom.